The normalized spacial score (nSPS) is 19.6. The summed E-state index contributed by atoms with van der Waals surface area (Å²) in [6, 6.07) is 10.9. The van der Waals surface area contributed by atoms with E-state index >= 15 is 0 Å². The Balaban J connectivity index is 1.83. The van der Waals surface area contributed by atoms with E-state index in [1.54, 1.807) is 0 Å². The van der Waals surface area contributed by atoms with Gasteiger partial charge in [-0.25, -0.2) is 5.10 Å². The monoisotopic (exact) mass is 360 g/mol. The van der Waals surface area contributed by atoms with Crippen molar-refractivity contribution in [3.8, 4) is 22.5 Å². The van der Waals surface area contributed by atoms with Crippen LogP contribution in [-0.4, -0.2) is 32.2 Å². The van der Waals surface area contributed by atoms with Crippen molar-refractivity contribution in [3.05, 3.63) is 47.3 Å². The molecule has 3 heterocycles. The van der Waals surface area contributed by atoms with Crippen LogP contribution in [0.5, 0.6) is 0 Å². The van der Waals surface area contributed by atoms with Crippen LogP contribution in [0.1, 0.15) is 55.1 Å². The van der Waals surface area contributed by atoms with Crippen LogP contribution in [0.3, 0.4) is 0 Å². The van der Waals surface area contributed by atoms with Gasteiger partial charge in [-0.15, -0.1) is 5.10 Å². The number of tetrazole rings is 1. The summed E-state index contributed by atoms with van der Waals surface area (Å²) < 4.78 is 0. The number of H-pyrrole nitrogens is 1. The van der Waals surface area contributed by atoms with Gasteiger partial charge in [-0.2, -0.15) is 0 Å². The molecule has 27 heavy (non-hydrogen) atoms. The van der Waals surface area contributed by atoms with Crippen LogP contribution in [0.25, 0.3) is 22.5 Å². The standard InChI is InChI=1S/C21H24N6/c1-3-8-14(9-4-1)18-15-10-5-2-6-11-16(15)23-20(17-12-7-13-22-17)19(18)21-24-26-27-25-21/h1,3-4,8-9,17,22H,2,5-7,10-13H2,(H,24,25,26,27). The van der Waals surface area contributed by atoms with Gasteiger partial charge in [0.2, 0.25) is 0 Å². The summed E-state index contributed by atoms with van der Waals surface area (Å²) in [5, 5.41) is 18.7. The molecule has 0 bridgehead atoms. The number of pyridine rings is 1. The molecule has 0 spiro atoms. The van der Waals surface area contributed by atoms with Gasteiger partial charge in [0, 0.05) is 5.69 Å². The van der Waals surface area contributed by atoms with E-state index in [0.29, 0.717) is 0 Å². The average Bonchev–Trinajstić information content (AvgIpc) is 3.38. The lowest BCUT2D eigenvalue weighted by atomic mass is 9.88. The molecule has 1 aromatic carbocycles. The van der Waals surface area contributed by atoms with Crippen molar-refractivity contribution in [2.45, 2.75) is 51.0 Å². The van der Waals surface area contributed by atoms with Crippen molar-refractivity contribution in [1.82, 2.24) is 30.9 Å². The number of hydrogen-bond acceptors (Lipinski definition) is 5. The Kier molecular flexibility index (Phi) is 4.41. The quantitative estimate of drug-likeness (QED) is 0.698. The molecule has 1 aliphatic carbocycles. The van der Waals surface area contributed by atoms with E-state index in [4.69, 9.17) is 4.98 Å². The van der Waals surface area contributed by atoms with Crippen molar-refractivity contribution in [2.75, 3.05) is 6.54 Å². The molecule has 0 radical (unpaired) electrons. The number of nitrogens with zero attached hydrogens (tertiary/aromatic N) is 4. The summed E-state index contributed by atoms with van der Waals surface area (Å²) in [6.07, 6.45) is 8.11. The summed E-state index contributed by atoms with van der Waals surface area (Å²) in [4.78, 5) is 5.22. The first-order valence-corrected chi connectivity index (χ1v) is 10.0. The molecule has 1 unspecified atom stereocenters. The van der Waals surface area contributed by atoms with Crippen LogP contribution < -0.4 is 5.32 Å². The molecule has 3 aromatic rings. The highest BCUT2D eigenvalue weighted by molar-refractivity contribution is 5.85. The molecule has 138 valence electrons. The number of aromatic nitrogens is 5. The fourth-order valence-corrected chi connectivity index (χ4v) is 4.54. The summed E-state index contributed by atoms with van der Waals surface area (Å²) in [5.41, 5.74) is 7.32. The SMILES string of the molecule is c1ccc(-c2c3c(nc(C4CCCN4)c2-c2nnn[nH]2)CCCCC3)cc1. The minimum atomic E-state index is 0.265. The van der Waals surface area contributed by atoms with Crippen LogP contribution >= 0.6 is 0 Å². The van der Waals surface area contributed by atoms with E-state index in [-0.39, 0.29) is 6.04 Å². The molecule has 2 N–H and O–H groups in total. The largest absolute Gasteiger partial charge is 0.309 e. The van der Waals surface area contributed by atoms with Crippen LogP contribution in [0.15, 0.2) is 30.3 Å². The van der Waals surface area contributed by atoms with Gasteiger partial charge in [0.15, 0.2) is 5.82 Å². The topological polar surface area (TPSA) is 79.4 Å². The number of aryl methyl sites for hydroxylation is 1. The number of aromatic amines is 1. The Morgan fingerprint density at radius 3 is 2.59 bits per heavy atom. The van der Waals surface area contributed by atoms with Crippen molar-refractivity contribution in [2.24, 2.45) is 0 Å². The highest BCUT2D eigenvalue weighted by Crippen LogP contribution is 2.42. The molecule has 1 saturated heterocycles. The molecule has 6 nitrogen and oxygen atoms in total. The molecular formula is C21H24N6. The molecule has 1 atom stereocenters. The van der Waals surface area contributed by atoms with E-state index in [0.717, 1.165) is 42.9 Å². The van der Waals surface area contributed by atoms with Crippen LogP contribution in [0.4, 0.5) is 0 Å². The van der Waals surface area contributed by atoms with Gasteiger partial charge in [0.25, 0.3) is 0 Å². The zero-order valence-corrected chi connectivity index (χ0v) is 15.4. The van der Waals surface area contributed by atoms with Crippen LogP contribution in [-0.2, 0) is 12.8 Å². The maximum Gasteiger partial charge on any atom is 0.181 e. The molecule has 0 amide bonds. The number of hydrogen-bond donors (Lipinski definition) is 2. The number of fused-ring (bicyclic) bond motifs is 1. The maximum atomic E-state index is 5.22. The van der Waals surface area contributed by atoms with Gasteiger partial charge in [0.1, 0.15) is 0 Å². The lowest BCUT2D eigenvalue weighted by molar-refractivity contribution is 0.623. The minimum Gasteiger partial charge on any atom is -0.309 e. The highest BCUT2D eigenvalue weighted by atomic mass is 15.5. The maximum absolute atomic E-state index is 5.22. The molecular weight excluding hydrogens is 336 g/mol. The van der Waals surface area contributed by atoms with Crippen molar-refractivity contribution in [1.29, 1.82) is 0 Å². The van der Waals surface area contributed by atoms with Gasteiger partial charge in [-0.1, -0.05) is 36.8 Å². The van der Waals surface area contributed by atoms with Crippen molar-refractivity contribution >= 4 is 0 Å². The predicted octanol–water partition coefficient (Wildman–Crippen LogP) is 3.62. The van der Waals surface area contributed by atoms with Crippen molar-refractivity contribution in [3.63, 3.8) is 0 Å². The van der Waals surface area contributed by atoms with E-state index < -0.39 is 0 Å². The first-order chi connectivity index (χ1) is 13.4. The lowest BCUT2D eigenvalue weighted by Crippen LogP contribution is -2.18. The first kappa shape index (κ1) is 16.6. The Morgan fingerprint density at radius 2 is 1.81 bits per heavy atom. The van der Waals surface area contributed by atoms with E-state index in [1.807, 2.05) is 0 Å². The summed E-state index contributed by atoms with van der Waals surface area (Å²) in [7, 11) is 0. The van der Waals surface area contributed by atoms with Gasteiger partial charge in [-0.3, -0.25) is 4.98 Å². The van der Waals surface area contributed by atoms with Gasteiger partial charge >= 0.3 is 0 Å². The smallest absolute Gasteiger partial charge is 0.181 e. The Bertz CT molecular complexity index is 914. The third kappa shape index (κ3) is 3.04. The molecule has 5 rings (SSSR count). The zero-order chi connectivity index (χ0) is 18.1. The second-order valence-electron chi connectivity index (χ2n) is 7.50. The highest BCUT2D eigenvalue weighted by Gasteiger charge is 2.29. The molecule has 1 aliphatic heterocycles. The van der Waals surface area contributed by atoms with E-state index in [1.165, 1.54) is 48.1 Å². The van der Waals surface area contributed by atoms with Crippen LogP contribution in [0.2, 0.25) is 0 Å². The summed E-state index contributed by atoms with van der Waals surface area (Å²) in [6.45, 7) is 1.04. The minimum absolute atomic E-state index is 0.265. The number of benzene rings is 1. The van der Waals surface area contributed by atoms with Crippen molar-refractivity contribution < 1.29 is 0 Å². The van der Waals surface area contributed by atoms with Gasteiger partial charge < -0.3 is 5.32 Å². The summed E-state index contributed by atoms with van der Waals surface area (Å²) >= 11 is 0. The molecule has 2 aliphatic rings. The fraction of sp³-hybridized carbons (Fsp3) is 0.429. The van der Waals surface area contributed by atoms with Gasteiger partial charge in [0.05, 0.1) is 17.3 Å². The third-order valence-corrected chi connectivity index (χ3v) is 5.79. The Morgan fingerprint density at radius 1 is 0.926 bits per heavy atom. The predicted molar refractivity (Wildman–Crippen MR) is 104 cm³/mol. The van der Waals surface area contributed by atoms with Crippen LogP contribution in [0, 0.1) is 0 Å². The van der Waals surface area contributed by atoms with Gasteiger partial charge in [-0.05, 0) is 72.2 Å². The van der Waals surface area contributed by atoms with E-state index in [9.17, 15) is 0 Å². The average molecular weight is 360 g/mol. The zero-order valence-electron chi connectivity index (χ0n) is 15.4. The molecule has 1 fully saturated rings. The second kappa shape index (κ2) is 7.19. The third-order valence-electron chi connectivity index (χ3n) is 5.79. The Hall–Kier alpha value is -2.60. The molecule has 6 heteroatoms. The van der Waals surface area contributed by atoms with E-state index in [2.05, 4.69) is 56.3 Å². The first-order valence-electron chi connectivity index (χ1n) is 10.0. The Labute approximate surface area is 158 Å². The number of rotatable bonds is 3. The fourth-order valence-electron chi connectivity index (χ4n) is 4.54. The lowest BCUT2D eigenvalue weighted by Gasteiger charge is -2.22. The summed E-state index contributed by atoms with van der Waals surface area (Å²) in [5.74, 6) is 0.720. The molecule has 0 saturated carbocycles. The second-order valence-corrected chi connectivity index (χ2v) is 7.50. The number of nitrogens with one attached hydrogen (secondary N) is 2. The molecule has 2 aromatic heterocycles.